The van der Waals surface area contributed by atoms with E-state index in [1.165, 1.54) is 11.3 Å². The molecule has 1 aliphatic rings. The number of aryl methyl sites for hydroxylation is 3. The first-order chi connectivity index (χ1) is 12.8. The van der Waals surface area contributed by atoms with Gasteiger partial charge in [0.2, 0.25) is 0 Å². The first kappa shape index (κ1) is 19.7. The van der Waals surface area contributed by atoms with E-state index < -0.39 is 12.0 Å². The molecule has 1 aromatic heterocycles. The maximum Gasteiger partial charge on any atom is 0.265 e. The van der Waals surface area contributed by atoms with E-state index >= 15 is 0 Å². The van der Waals surface area contributed by atoms with Crippen LogP contribution in [0.1, 0.15) is 51.7 Å². The van der Waals surface area contributed by atoms with Crippen LogP contribution in [-0.4, -0.2) is 17.9 Å². The van der Waals surface area contributed by atoms with Gasteiger partial charge in [-0.05, 0) is 75.3 Å². The number of fused-ring (bicyclic) bond motifs is 1. The Morgan fingerprint density at radius 2 is 1.85 bits per heavy atom. The third-order valence-electron chi connectivity index (χ3n) is 4.75. The summed E-state index contributed by atoms with van der Waals surface area (Å²) < 4.78 is 5.79. The Bertz CT molecular complexity index is 884. The van der Waals surface area contributed by atoms with Gasteiger partial charge in [-0.3, -0.25) is 9.59 Å². The molecule has 0 fully saturated rings. The number of nitrogens with one attached hydrogen (secondary N) is 1. The van der Waals surface area contributed by atoms with E-state index in [1.54, 1.807) is 19.1 Å². The van der Waals surface area contributed by atoms with Gasteiger partial charge < -0.3 is 15.8 Å². The summed E-state index contributed by atoms with van der Waals surface area (Å²) in [5.41, 5.74) is 8.80. The summed E-state index contributed by atoms with van der Waals surface area (Å²) in [5.74, 6) is -0.235. The summed E-state index contributed by atoms with van der Waals surface area (Å²) >= 11 is 7.62. The van der Waals surface area contributed by atoms with E-state index in [0.29, 0.717) is 21.3 Å². The van der Waals surface area contributed by atoms with Crippen molar-refractivity contribution in [3.8, 4) is 5.75 Å². The Balaban J connectivity index is 1.77. The fourth-order valence-corrected chi connectivity index (χ4v) is 4.77. The number of benzene rings is 1. The zero-order valence-corrected chi connectivity index (χ0v) is 17.2. The number of anilines is 1. The minimum atomic E-state index is -0.732. The molecule has 7 heteroatoms. The van der Waals surface area contributed by atoms with Crippen molar-refractivity contribution in [2.24, 2.45) is 5.73 Å². The molecule has 1 atom stereocenters. The molecule has 1 heterocycles. The second-order valence-corrected chi connectivity index (χ2v) is 8.38. The molecule has 0 bridgehead atoms. The highest BCUT2D eigenvalue weighted by molar-refractivity contribution is 7.17. The van der Waals surface area contributed by atoms with Crippen LogP contribution >= 0.6 is 22.9 Å². The second kappa shape index (κ2) is 7.90. The Kier molecular flexibility index (Phi) is 5.77. The zero-order valence-electron chi connectivity index (χ0n) is 15.6. The molecule has 0 radical (unpaired) electrons. The molecule has 3 rings (SSSR count). The Hall–Kier alpha value is -2.05. The van der Waals surface area contributed by atoms with Gasteiger partial charge in [0.15, 0.2) is 6.10 Å². The molecule has 144 valence electrons. The van der Waals surface area contributed by atoms with Crippen LogP contribution in [-0.2, 0) is 17.6 Å². The number of hydrogen-bond donors (Lipinski definition) is 2. The molecule has 0 saturated carbocycles. The number of rotatable bonds is 5. The summed E-state index contributed by atoms with van der Waals surface area (Å²) in [6.07, 6.45) is 3.14. The van der Waals surface area contributed by atoms with Gasteiger partial charge in [-0.1, -0.05) is 11.6 Å². The van der Waals surface area contributed by atoms with Crippen molar-refractivity contribution in [3.63, 3.8) is 0 Å². The minimum absolute atomic E-state index is 0.318. The van der Waals surface area contributed by atoms with Crippen molar-refractivity contribution < 1.29 is 14.3 Å². The summed E-state index contributed by atoms with van der Waals surface area (Å²) in [5, 5.41) is 4.05. The van der Waals surface area contributed by atoms with E-state index in [9.17, 15) is 9.59 Å². The summed E-state index contributed by atoms with van der Waals surface area (Å²) in [4.78, 5) is 25.7. The lowest BCUT2D eigenvalue weighted by Gasteiger charge is -2.16. The Morgan fingerprint density at radius 3 is 2.48 bits per heavy atom. The van der Waals surface area contributed by atoms with E-state index in [0.717, 1.165) is 47.3 Å². The molecular weight excluding hydrogens is 384 g/mol. The van der Waals surface area contributed by atoms with Gasteiger partial charge in [-0.25, -0.2) is 0 Å². The number of halogens is 1. The number of primary amides is 1. The van der Waals surface area contributed by atoms with Gasteiger partial charge in [0, 0.05) is 9.90 Å². The predicted molar refractivity (Wildman–Crippen MR) is 109 cm³/mol. The van der Waals surface area contributed by atoms with E-state index in [1.807, 2.05) is 13.8 Å². The van der Waals surface area contributed by atoms with Crippen LogP contribution in [0.3, 0.4) is 0 Å². The van der Waals surface area contributed by atoms with Crippen LogP contribution in [0.15, 0.2) is 12.1 Å². The van der Waals surface area contributed by atoms with Crippen molar-refractivity contribution in [1.29, 1.82) is 0 Å². The van der Waals surface area contributed by atoms with Gasteiger partial charge >= 0.3 is 0 Å². The lowest BCUT2D eigenvalue weighted by molar-refractivity contribution is -0.122. The number of thiophene rings is 1. The summed E-state index contributed by atoms with van der Waals surface area (Å²) in [7, 11) is 0. The fourth-order valence-electron chi connectivity index (χ4n) is 3.36. The number of ether oxygens (including phenoxy) is 1. The molecule has 0 spiro atoms. The molecule has 2 amide bonds. The molecule has 1 unspecified atom stereocenters. The van der Waals surface area contributed by atoms with Crippen LogP contribution in [0.4, 0.5) is 5.00 Å². The zero-order chi connectivity index (χ0) is 19.7. The fraction of sp³-hybridized carbons (Fsp3) is 0.400. The topological polar surface area (TPSA) is 81.4 Å². The third-order valence-corrected chi connectivity index (χ3v) is 6.55. The van der Waals surface area contributed by atoms with Gasteiger partial charge in [-0.2, -0.15) is 0 Å². The lowest BCUT2D eigenvalue weighted by Crippen LogP contribution is -2.30. The smallest absolute Gasteiger partial charge is 0.265 e. The highest BCUT2D eigenvalue weighted by atomic mass is 35.5. The van der Waals surface area contributed by atoms with Crippen LogP contribution in [0.5, 0.6) is 5.75 Å². The van der Waals surface area contributed by atoms with Crippen LogP contribution in [0, 0.1) is 13.8 Å². The second-order valence-electron chi connectivity index (χ2n) is 6.90. The highest BCUT2D eigenvalue weighted by Gasteiger charge is 2.26. The van der Waals surface area contributed by atoms with Crippen LogP contribution in [0.2, 0.25) is 5.02 Å². The maximum absolute atomic E-state index is 12.6. The molecule has 1 aromatic carbocycles. The SMILES string of the molecule is Cc1cc(OC(C)C(=O)Nc2sc3c(c2C(N)=O)CCCC3)cc(C)c1Cl. The van der Waals surface area contributed by atoms with Crippen molar-refractivity contribution in [2.75, 3.05) is 5.32 Å². The van der Waals surface area contributed by atoms with Crippen LogP contribution < -0.4 is 15.8 Å². The monoisotopic (exact) mass is 406 g/mol. The molecular formula is C20H23ClN2O3S. The standard InChI is InChI=1S/C20H23ClN2O3S/c1-10-8-13(9-11(2)17(10)21)26-12(3)19(25)23-20-16(18(22)24)14-6-4-5-7-15(14)27-20/h8-9,12H,4-7H2,1-3H3,(H2,22,24)(H,23,25). The molecule has 1 aliphatic carbocycles. The molecule has 2 aromatic rings. The average Bonchev–Trinajstić information content (AvgIpc) is 2.97. The number of carbonyl (C=O) groups excluding carboxylic acids is 2. The van der Waals surface area contributed by atoms with Crippen molar-refractivity contribution in [1.82, 2.24) is 0 Å². The molecule has 5 nitrogen and oxygen atoms in total. The number of nitrogens with two attached hydrogens (primary N) is 1. The minimum Gasteiger partial charge on any atom is -0.481 e. The third kappa shape index (κ3) is 4.12. The number of carbonyl (C=O) groups is 2. The van der Waals surface area contributed by atoms with E-state index in [2.05, 4.69) is 5.32 Å². The maximum atomic E-state index is 12.6. The molecule has 3 N–H and O–H groups in total. The number of amides is 2. The number of hydrogen-bond acceptors (Lipinski definition) is 4. The van der Waals surface area contributed by atoms with Crippen molar-refractivity contribution in [2.45, 2.75) is 52.6 Å². The molecule has 27 heavy (non-hydrogen) atoms. The van der Waals surface area contributed by atoms with Gasteiger partial charge in [-0.15, -0.1) is 11.3 Å². The molecule has 0 aliphatic heterocycles. The predicted octanol–water partition coefficient (Wildman–Crippen LogP) is 4.40. The van der Waals surface area contributed by atoms with E-state index in [4.69, 9.17) is 22.1 Å². The first-order valence-corrected chi connectivity index (χ1v) is 10.2. The Morgan fingerprint density at radius 1 is 1.22 bits per heavy atom. The largest absolute Gasteiger partial charge is 0.481 e. The Labute approximate surface area is 167 Å². The summed E-state index contributed by atoms with van der Waals surface area (Å²) in [6.45, 7) is 5.45. The van der Waals surface area contributed by atoms with Gasteiger partial charge in [0.1, 0.15) is 10.8 Å². The van der Waals surface area contributed by atoms with Gasteiger partial charge in [0.05, 0.1) is 5.56 Å². The van der Waals surface area contributed by atoms with Gasteiger partial charge in [0.25, 0.3) is 11.8 Å². The molecule has 0 saturated heterocycles. The van der Waals surface area contributed by atoms with E-state index in [-0.39, 0.29) is 5.91 Å². The average molecular weight is 407 g/mol. The van der Waals surface area contributed by atoms with Crippen molar-refractivity contribution >= 4 is 39.8 Å². The highest BCUT2D eigenvalue weighted by Crippen LogP contribution is 2.38. The van der Waals surface area contributed by atoms with Crippen molar-refractivity contribution in [3.05, 3.63) is 44.3 Å². The quantitative estimate of drug-likeness (QED) is 0.771. The van der Waals surface area contributed by atoms with Crippen LogP contribution in [0.25, 0.3) is 0 Å². The first-order valence-electron chi connectivity index (χ1n) is 8.96. The summed E-state index contributed by atoms with van der Waals surface area (Å²) in [6, 6.07) is 3.61. The normalized spacial score (nSPS) is 14.4. The lowest BCUT2D eigenvalue weighted by atomic mass is 9.95.